The smallest absolute Gasteiger partial charge is 0.314 e. The number of hydrogen-bond donors (Lipinski definition) is 1. The molecular formula is C12H13FO2. The van der Waals surface area contributed by atoms with E-state index in [1.807, 2.05) is 0 Å². The summed E-state index contributed by atoms with van der Waals surface area (Å²) in [5, 5.41) is 9.09. The van der Waals surface area contributed by atoms with Gasteiger partial charge in [0, 0.05) is 0 Å². The van der Waals surface area contributed by atoms with Crippen molar-refractivity contribution in [3.63, 3.8) is 0 Å². The Bertz CT molecular complexity index is 394. The number of aliphatic carboxylic acids is 1. The summed E-state index contributed by atoms with van der Waals surface area (Å²) in [6.07, 6.45) is 0.272. The molecule has 0 radical (unpaired) electrons. The van der Waals surface area contributed by atoms with Crippen LogP contribution in [-0.2, 0) is 10.2 Å². The van der Waals surface area contributed by atoms with Gasteiger partial charge in [0.05, 0.1) is 5.41 Å². The average molecular weight is 208 g/mol. The Balaban J connectivity index is 2.37. The fourth-order valence-electron chi connectivity index (χ4n) is 1.83. The standard InChI is InChI=1S/C12H13FO2/c1-8(13)9-3-2-4-10(7-9)12(5-6-12)11(14)15/h2-4,7-8H,5-6H2,1H3,(H,14,15). The molecule has 3 heteroatoms. The lowest BCUT2D eigenvalue weighted by atomic mass is 9.94. The Hall–Kier alpha value is -1.38. The zero-order valence-corrected chi connectivity index (χ0v) is 8.53. The first kappa shape index (κ1) is 10.1. The summed E-state index contributed by atoms with van der Waals surface area (Å²) in [6.45, 7) is 1.46. The summed E-state index contributed by atoms with van der Waals surface area (Å²) in [5.41, 5.74) is 0.558. The van der Waals surface area contributed by atoms with Gasteiger partial charge in [0.25, 0.3) is 0 Å². The topological polar surface area (TPSA) is 37.3 Å². The Morgan fingerprint density at radius 3 is 2.67 bits per heavy atom. The van der Waals surface area contributed by atoms with Crippen LogP contribution in [0, 0.1) is 0 Å². The average Bonchev–Trinajstić information content (AvgIpc) is 2.98. The monoisotopic (exact) mass is 208 g/mol. The first-order valence-electron chi connectivity index (χ1n) is 5.04. The van der Waals surface area contributed by atoms with Crippen molar-refractivity contribution in [2.75, 3.05) is 0 Å². The minimum Gasteiger partial charge on any atom is -0.481 e. The van der Waals surface area contributed by atoms with Crippen molar-refractivity contribution in [2.45, 2.75) is 31.4 Å². The second-order valence-electron chi connectivity index (χ2n) is 4.13. The van der Waals surface area contributed by atoms with Gasteiger partial charge in [-0.2, -0.15) is 0 Å². The summed E-state index contributed by atoms with van der Waals surface area (Å²) in [7, 11) is 0. The number of carboxylic acids is 1. The van der Waals surface area contributed by atoms with Gasteiger partial charge < -0.3 is 5.11 Å². The number of benzene rings is 1. The lowest BCUT2D eigenvalue weighted by Crippen LogP contribution is -2.19. The van der Waals surface area contributed by atoms with Crippen molar-refractivity contribution < 1.29 is 14.3 Å². The van der Waals surface area contributed by atoms with Crippen LogP contribution in [0.4, 0.5) is 4.39 Å². The first-order chi connectivity index (χ1) is 7.06. The van der Waals surface area contributed by atoms with E-state index < -0.39 is 17.6 Å². The molecule has 1 atom stereocenters. The summed E-state index contributed by atoms with van der Waals surface area (Å²) >= 11 is 0. The van der Waals surface area contributed by atoms with Crippen molar-refractivity contribution in [1.29, 1.82) is 0 Å². The molecule has 1 aliphatic carbocycles. The third-order valence-electron chi connectivity index (χ3n) is 3.06. The van der Waals surface area contributed by atoms with E-state index in [0.717, 1.165) is 5.56 Å². The van der Waals surface area contributed by atoms with Crippen LogP contribution in [0.25, 0.3) is 0 Å². The maximum absolute atomic E-state index is 13.1. The minimum absolute atomic E-state index is 0.556. The van der Waals surface area contributed by atoms with Crippen molar-refractivity contribution >= 4 is 5.97 Å². The van der Waals surface area contributed by atoms with E-state index in [1.54, 1.807) is 24.3 Å². The first-order valence-corrected chi connectivity index (χ1v) is 5.04. The van der Waals surface area contributed by atoms with Gasteiger partial charge in [-0.1, -0.05) is 24.3 Å². The van der Waals surface area contributed by atoms with Gasteiger partial charge in [-0.15, -0.1) is 0 Å². The lowest BCUT2D eigenvalue weighted by molar-refractivity contribution is -0.140. The Kier molecular flexibility index (Phi) is 2.25. The molecule has 0 aliphatic heterocycles. The molecular weight excluding hydrogens is 195 g/mol. The Morgan fingerprint density at radius 2 is 2.20 bits per heavy atom. The largest absolute Gasteiger partial charge is 0.481 e. The molecule has 0 aromatic heterocycles. The molecule has 0 saturated heterocycles. The number of alkyl halides is 1. The SMILES string of the molecule is CC(F)c1cccc(C2(C(=O)O)CC2)c1. The molecule has 2 rings (SSSR count). The molecule has 0 spiro atoms. The third-order valence-corrected chi connectivity index (χ3v) is 3.06. The summed E-state index contributed by atoms with van der Waals surface area (Å²) in [6, 6.07) is 6.86. The van der Waals surface area contributed by atoms with Gasteiger partial charge in [-0.3, -0.25) is 4.79 Å². The van der Waals surface area contributed by atoms with Crippen LogP contribution in [0.1, 0.15) is 37.1 Å². The molecule has 1 aliphatic rings. The quantitative estimate of drug-likeness (QED) is 0.829. The molecule has 1 aromatic carbocycles. The van der Waals surface area contributed by atoms with Gasteiger partial charge in [-0.05, 0) is 30.9 Å². The molecule has 1 N–H and O–H groups in total. The summed E-state index contributed by atoms with van der Waals surface area (Å²) in [4.78, 5) is 11.1. The molecule has 15 heavy (non-hydrogen) atoms. The van der Waals surface area contributed by atoms with Crippen LogP contribution in [-0.4, -0.2) is 11.1 Å². The Labute approximate surface area is 87.7 Å². The normalized spacial score (nSPS) is 19.6. The fourth-order valence-corrected chi connectivity index (χ4v) is 1.83. The number of carboxylic acid groups (broad SMARTS) is 1. The molecule has 0 amide bonds. The minimum atomic E-state index is -1.05. The van der Waals surface area contributed by atoms with Crippen molar-refractivity contribution in [2.24, 2.45) is 0 Å². The number of carbonyl (C=O) groups is 1. The number of halogens is 1. The van der Waals surface area contributed by atoms with Crippen molar-refractivity contribution in [3.8, 4) is 0 Å². The van der Waals surface area contributed by atoms with Crippen molar-refractivity contribution in [3.05, 3.63) is 35.4 Å². The molecule has 1 saturated carbocycles. The van der Waals surface area contributed by atoms with Gasteiger partial charge in [0.15, 0.2) is 0 Å². The predicted octanol–water partition coefficient (Wildman–Crippen LogP) is 2.83. The highest BCUT2D eigenvalue weighted by Gasteiger charge is 2.51. The number of hydrogen-bond acceptors (Lipinski definition) is 1. The number of rotatable bonds is 3. The van der Waals surface area contributed by atoms with Crippen LogP contribution in [0.3, 0.4) is 0 Å². The van der Waals surface area contributed by atoms with E-state index >= 15 is 0 Å². The summed E-state index contributed by atoms with van der Waals surface area (Å²) < 4.78 is 13.1. The van der Waals surface area contributed by atoms with Crippen LogP contribution in [0.5, 0.6) is 0 Å². The highest BCUT2D eigenvalue weighted by atomic mass is 19.1. The van der Waals surface area contributed by atoms with E-state index in [-0.39, 0.29) is 0 Å². The second-order valence-corrected chi connectivity index (χ2v) is 4.13. The van der Waals surface area contributed by atoms with Crippen LogP contribution < -0.4 is 0 Å². The highest BCUT2D eigenvalue weighted by Crippen LogP contribution is 2.48. The van der Waals surface area contributed by atoms with Crippen LogP contribution >= 0.6 is 0 Å². The maximum atomic E-state index is 13.1. The van der Waals surface area contributed by atoms with Crippen molar-refractivity contribution in [1.82, 2.24) is 0 Å². The van der Waals surface area contributed by atoms with Gasteiger partial charge >= 0.3 is 5.97 Å². The predicted molar refractivity (Wildman–Crippen MR) is 54.5 cm³/mol. The highest BCUT2D eigenvalue weighted by molar-refractivity contribution is 5.84. The zero-order chi connectivity index (χ0) is 11.1. The molecule has 0 bridgehead atoms. The van der Waals surface area contributed by atoms with Crippen LogP contribution in [0.15, 0.2) is 24.3 Å². The van der Waals surface area contributed by atoms with E-state index in [1.165, 1.54) is 6.92 Å². The Morgan fingerprint density at radius 1 is 1.53 bits per heavy atom. The van der Waals surface area contributed by atoms with Crippen LogP contribution in [0.2, 0.25) is 0 Å². The van der Waals surface area contributed by atoms with E-state index in [2.05, 4.69) is 0 Å². The third kappa shape index (κ3) is 1.62. The molecule has 1 fully saturated rings. The zero-order valence-electron chi connectivity index (χ0n) is 8.53. The summed E-state index contributed by atoms with van der Waals surface area (Å²) in [5.74, 6) is -0.800. The van der Waals surface area contributed by atoms with E-state index in [0.29, 0.717) is 18.4 Å². The molecule has 80 valence electrons. The lowest BCUT2D eigenvalue weighted by Gasteiger charge is -2.12. The fraction of sp³-hybridized carbons (Fsp3) is 0.417. The van der Waals surface area contributed by atoms with E-state index in [4.69, 9.17) is 5.11 Å². The molecule has 1 unspecified atom stereocenters. The van der Waals surface area contributed by atoms with Gasteiger partial charge in [0.2, 0.25) is 0 Å². The molecule has 0 heterocycles. The molecule has 2 nitrogen and oxygen atoms in total. The maximum Gasteiger partial charge on any atom is 0.314 e. The second kappa shape index (κ2) is 3.33. The van der Waals surface area contributed by atoms with Gasteiger partial charge in [-0.25, -0.2) is 4.39 Å². The van der Waals surface area contributed by atoms with E-state index in [9.17, 15) is 9.18 Å². The molecule has 1 aromatic rings. The van der Waals surface area contributed by atoms with Gasteiger partial charge in [0.1, 0.15) is 6.17 Å².